The first kappa shape index (κ1) is 24.2. The summed E-state index contributed by atoms with van der Waals surface area (Å²) in [5.41, 5.74) is 6.67. The molecule has 9 heteroatoms. The van der Waals surface area contributed by atoms with E-state index in [-0.39, 0.29) is 28.7 Å². The number of carbonyl (C=O) groups excluding carboxylic acids is 2. The number of rotatable bonds is 4. The molecule has 8 nitrogen and oxygen atoms in total. The van der Waals surface area contributed by atoms with E-state index in [1.165, 1.54) is 11.1 Å². The van der Waals surface area contributed by atoms with Crippen LogP contribution >= 0.6 is 15.9 Å². The molecule has 0 unspecified atom stereocenters. The summed E-state index contributed by atoms with van der Waals surface area (Å²) in [6.45, 7) is 0.941. The van der Waals surface area contributed by atoms with Gasteiger partial charge in [0.2, 0.25) is 5.91 Å². The van der Waals surface area contributed by atoms with Crippen LogP contribution in [0.15, 0.2) is 53.0 Å². The van der Waals surface area contributed by atoms with Crippen LogP contribution in [0.4, 0.5) is 0 Å². The fourth-order valence-electron chi connectivity index (χ4n) is 8.38. The number of benzene rings is 2. The molecule has 2 aromatic rings. The van der Waals surface area contributed by atoms with E-state index >= 15 is 0 Å². The van der Waals surface area contributed by atoms with Crippen molar-refractivity contribution < 1.29 is 23.8 Å². The number of nitrogens with zero attached hydrogens (tertiary/aromatic N) is 1. The number of nitrogens with one attached hydrogen (secondary N) is 2. The van der Waals surface area contributed by atoms with Crippen molar-refractivity contribution in [1.29, 1.82) is 0 Å². The van der Waals surface area contributed by atoms with E-state index in [1.807, 2.05) is 6.07 Å². The molecular weight excluding hydrogens is 550 g/mol. The molecule has 1 saturated heterocycles. The highest BCUT2D eigenvalue weighted by Crippen LogP contribution is 2.74. The molecule has 2 amide bonds. The smallest absolute Gasteiger partial charge is 0.269 e. The van der Waals surface area contributed by atoms with Crippen LogP contribution < -0.4 is 20.3 Å². The average Bonchev–Trinajstić information content (AvgIpc) is 3.31. The normalized spacial score (nSPS) is 35.3. The molecule has 2 fully saturated rings. The Morgan fingerprint density at radius 2 is 1.89 bits per heavy atom. The van der Waals surface area contributed by atoms with Crippen molar-refractivity contribution in [2.45, 2.75) is 42.4 Å². The van der Waals surface area contributed by atoms with Gasteiger partial charge in [0.1, 0.15) is 11.7 Å². The van der Waals surface area contributed by atoms with Crippen LogP contribution in [0.2, 0.25) is 0 Å². The minimum atomic E-state index is -0.993. The lowest BCUT2D eigenvalue weighted by Crippen LogP contribution is -2.80. The van der Waals surface area contributed by atoms with Gasteiger partial charge in [0.05, 0.1) is 18.4 Å². The second-order valence-electron chi connectivity index (χ2n) is 11.2. The van der Waals surface area contributed by atoms with Gasteiger partial charge in [-0.2, -0.15) is 0 Å². The number of hydrazine groups is 1. The molecule has 198 valence electrons. The summed E-state index contributed by atoms with van der Waals surface area (Å²) in [5, 5.41) is 0. The highest BCUT2D eigenvalue weighted by Gasteiger charge is 2.79. The molecule has 4 aliphatic carbocycles. The fourth-order valence-corrected chi connectivity index (χ4v) is 8.65. The summed E-state index contributed by atoms with van der Waals surface area (Å²) in [7, 11) is 5.50. The molecule has 6 atom stereocenters. The molecular formula is C29H30BrN3O5. The van der Waals surface area contributed by atoms with Gasteiger partial charge in [0.25, 0.3) is 5.91 Å². The van der Waals surface area contributed by atoms with E-state index in [9.17, 15) is 9.59 Å². The maximum Gasteiger partial charge on any atom is 0.269 e. The second kappa shape index (κ2) is 8.07. The molecule has 1 saturated carbocycles. The summed E-state index contributed by atoms with van der Waals surface area (Å²) >= 11 is 3.38. The Morgan fingerprint density at radius 1 is 1.11 bits per heavy atom. The van der Waals surface area contributed by atoms with Gasteiger partial charge in [0, 0.05) is 34.2 Å². The standard InChI is InChI=1S/C29H30BrN3O5/c1-33-13-12-28-22-17-6-9-20(36-2)23(22)38-26(28)29(37-3)11-10-27(28,21(33)14-17)15-19(29)25(35)32-31-24(34)16-4-7-18(30)8-5-16/h4-11,19,21,26H,12-15H2,1-3H3,(H,31,34)(H,32,35)/t19-,21+,26-,27+,28-,29+/m0/s1. The SMILES string of the molecule is COc1ccc2c3c1O[C@@H]1[C@@]4(OC)C=C[C@@]5(C[C@H]4C(=O)NNC(=O)c4ccc(Br)cc4)[C@@H](C2)N(C)CC[C@]315. The largest absolute Gasteiger partial charge is 0.493 e. The number of carbonyl (C=O) groups is 2. The summed E-state index contributed by atoms with van der Waals surface area (Å²) in [5.74, 6) is 0.285. The van der Waals surface area contributed by atoms with Crippen molar-refractivity contribution in [2.24, 2.45) is 11.3 Å². The number of amides is 2. The van der Waals surface area contributed by atoms with Gasteiger partial charge in [-0.3, -0.25) is 20.4 Å². The summed E-state index contributed by atoms with van der Waals surface area (Å²) < 4.78 is 19.8. The van der Waals surface area contributed by atoms with Crippen molar-refractivity contribution in [3.63, 3.8) is 0 Å². The third-order valence-electron chi connectivity index (χ3n) is 10.00. The van der Waals surface area contributed by atoms with Gasteiger partial charge in [0.15, 0.2) is 11.5 Å². The van der Waals surface area contributed by atoms with Crippen LogP contribution in [-0.2, 0) is 21.4 Å². The van der Waals surface area contributed by atoms with Gasteiger partial charge in [-0.05, 0) is 68.8 Å². The summed E-state index contributed by atoms with van der Waals surface area (Å²) in [4.78, 5) is 29.0. The van der Waals surface area contributed by atoms with Crippen LogP contribution in [0.1, 0.15) is 34.3 Å². The van der Waals surface area contributed by atoms with E-state index < -0.39 is 17.6 Å². The van der Waals surface area contributed by atoms with Crippen molar-refractivity contribution in [3.05, 3.63) is 69.7 Å². The molecule has 0 radical (unpaired) electrons. The van der Waals surface area contributed by atoms with Crippen molar-refractivity contribution in [2.75, 3.05) is 27.8 Å². The molecule has 38 heavy (non-hydrogen) atoms. The molecule has 8 rings (SSSR count). The minimum Gasteiger partial charge on any atom is -0.493 e. The van der Waals surface area contributed by atoms with Crippen LogP contribution in [-0.4, -0.2) is 62.3 Å². The lowest BCUT2D eigenvalue weighted by Gasteiger charge is -2.70. The number of likely N-dealkylation sites (tertiary alicyclic amines) is 1. The van der Waals surface area contributed by atoms with Crippen LogP contribution in [0, 0.1) is 11.3 Å². The molecule has 4 bridgehead atoms. The third kappa shape index (κ3) is 2.77. The highest BCUT2D eigenvalue weighted by molar-refractivity contribution is 9.10. The van der Waals surface area contributed by atoms with E-state index in [2.05, 4.69) is 56.9 Å². The van der Waals surface area contributed by atoms with Crippen LogP contribution in [0.25, 0.3) is 0 Å². The number of piperidine rings is 1. The predicted molar refractivity (Wildman–Crippen MR) is 143 cm³/mol. The first-order chi connectivity index (χ1) is 18.3. The maximum atomic E-state index is 13.9. The Bertz CT molecular complexity index is 1400. The zero-order valence-corrected chi connectivity index (χ0v) is 23.1. The van der Waals surface area contributed by atoms with E-state index in [1.54, 1.807) is 38.5 Å². The van der Waals surface area contributed by atoms with Gasteiger partial charge in [-0.25, -0.2) is 0 Å². The first-order valence-electron chi connectivity index (χ1n) is 13.0. The monoisotopic (exact) mass is 579 g/mol. The zero-order valence-electron chi connectivity index (χ0n) is 21.5. The quantitative estimate of drug-likeness (QED) is 0.427. The summed E-state index contributed by atoms with van der Waals surface area (Å²) in [6, 6.07) is 11.4. The number of fused-ring (bicyclic) bond motifs is 1. The minimum absolute atomic E-state index is 0.216. The fraction of sp³-hybridized carbons (Fsp3) is 0.448. The van der Waals surface area contributed by atoms with Crippen LogP contribution in [0.5, 0.6) is 11.5 Å². The molecule has 2 N–H and O–H groups in total. The Morgan fingerprint density at radius 3 is 2.63 bits per heavy atom. The van der Waals surface area contributed by atoms with E-state index in [4.69, 9.17) is 14.2 Å². The molecule has 0 aromatic heterocycles. The molecule has 6 aliphatic rings. The number of hydrogen-bond acceptors (Lipinski definition) is 6. The lowest BCUT2D eigenvalue weighted by molar-refractivity contribution is -0.214. The van der Waals surface area contributed by atoms with Crippen LogP contribution in [0.3, 0.4) is 0 Å². The molecule has 2 heterocycles. The topological polar surface area (TPSA) is 89.1 Å². The predicted octanol–water partition coefficient (Wildman–Crippen LogP) is 3.14. The zero-order chi connectivity index (χ0) is 26.4. The lowest BCUT2D eigenvalue weighted by atomic mass is 9.37. The van der Waals surface area contributed by atoms with Crippen molar-refractivity contribution >= 4 is 27.7 Å². The van der Waals surface area contributed by atoms with Crippen molar-refractivity contribution in [3.8, 4) is 11.5 Å². The Kier molecular flexibility index (Phi) is 5.13. The molecule has 2 aromatic carbocycles. The van der Waals surface area contributed by atoms with Crippen molar-refractivity contribution in [1.82, 2.24) is 15.8 Å². The average molecular weight is 580 g/mol. The number of methoxy groups -OCH3 is 2. The third-order valence-corrected chi connectivity index (χ3v) is 10.5. The summed E-state index contributed by atoms with van der Waals surface area (Å²) in [6.07, 6.45) is 6.37. The van der Waals surface area contributed by atoms with E-state index in [0.29, 0.717) is 17.7 Å². The number of hydrogen-bond donors (Lipinski definition) is 2. The second-order valence-corrected chi connectivity index (χ2v) is 12.1. The Balaban J connectivity index is 1.29. The van der Waals surface area contributed by atoms with E-state index in [0.717, 1.165) is 29.6 Å². The maximum absolute atomic E-state index is 13.9. The molecule has 2 spiro atoms. The van der Waals surface area contributed by atoms with Gasteiger partial charge < -0.3 is 19.1 Å². The Labute approximate surface area is 229 Å². The van der Waals surface area contributed by atoms with Gasteiger partial charge in [-0.15, -0.1) is 0 Å². The number of likely N-dealkylation sites (N-methyl/N-ethyl adjacent to an activating group) is 1. The van der Waals surface area contributed by atoms with Gasteiger partial charge in [-0.1, -0.05) is 34.1 Å². The first-order valence-corrected chi connectivity index (χ1v) is 13.8. The molecule has 2 aliphatic heterocycles. The van der Waals surface area contributed by atoms with Gasteiger partial charge >= 0.3 is 0 Å². The number of ether oxygens (including phenoxy) is 3. The number of halogens is 1. The Hall–Kier alpha value is -2.88. The highest BCUT2D eigenvalue weighted by atomic mass is 79.9.